The van der Waals surface area contributed by atoms with E-state index in [1.165, 1.54) is 26.3 Å². The van der Waals surface area contributed by atoms with E-state index in [-0.39, 0.29) is 17.3 Å². The molecule has 1 heterocycles. The molecule has 0 atom stereocenters. The van der Waals surface area contributed by atoms with Crippen molar-refractivity contribution in [3.05, 3.63) is 53.6 Å². The third kappa shape index (κ3) is 5.89. The third-order valence-electron chi connectivity index (χ3n) is 5.65. The highest BCUT2D eigenvalue weighted by Crippen LogP contribution is 2.23. The maximum absolute atomic E-state index is 12.8. The summed E-state index contributed by atoms with van der Waals surface area (Å²) in [6, 6.07) is 11.2. The number of likely N-dealkylation sites (N-methyl/N-ethyl adjacent to an activating group) is 2. The van der Waals surface area contributed by atoms with E-state index < -0.39 is 15.9 Å². The van der Waals surface area contributed by atoms with Gasteiger partial charge in [-0.3, -0.25) is 9.59 Å². The van der Waals surface area contributed by atoms with Gasteiger partial charge in [-0.05, 0) is 62.0 Å². The molecule has 2 aromatic rings. The van der Waals surface area contributed by atoms with E-state index in [0.717, 1.165) is 17.4 Å². The molecule has 0 radical (unpaired) electrons. The number of amides is 2. The van der Waals surface area contributed by atoms with Crippen LogP contribution in [-0.4, -0.2) is 88.3 Å². The van der Waals surface area contributed by atoms with Gasteiger partial charge >= 0.3 is 0 Å². The van der Waals surface area contributed by atoms with Crippen LogP contribution in [0.4, 0.5) is 5.69 Å². The Morgan fingerprint density at radius 1 is 1.06 bits per heavy atom. The predicted molar refractivity (Wildman–Crippen MR) is 126 cm³/mol. The number of carbonyl (C=O) groups excluding carboxylic acids is 2. The fourth-order valence-electron chi connectivity index (χ4n) is 3.57. The molecule has 3 rings (SSSR count). The first-order chi connectivity index (χ1) is 15.6. The van der Waals surface area contributed by atoms with Gasteiger partial charge in [-0.1, -0.05) is 0 Å². The summed E-state index contributed by atoms with van der Waals surface area (Å²) < 4.78 is 31.8. The molecule has 1 aliphatic rings. The smallest absolute Gasteiger partial charge is 0.253 e. The molecule has 1 fully saturated rings. The van der Waals surface area contributed by atoms with Gasteiger partial charge in [-0.25, -0.2) is 8.42 Å². The van der Waals surface area contributed by atoms with E-state index in [4.69, 9.17) is 4.74 Å². The quantitative estimate of drug-likeness (QED) is 0.655. The lowest BCUT2D eigenvalue weighted by molar-refractivity contribution is -0.116. The lowest BCUT2D eigenvalue weighted by Gasteiger charge is -2.32. The molecule has 0 saturated carbocycles. The monoisotopic (exact) mass is 474 g/mol. The van der Waals surface area contributed by atoms with Gasteiger partial charge in [0.05, 0.1) is 18.6 Å². The minimum atomic E-state index is -3.84. The molecule has 1 N–H and O–H groups in total. The molecule has 10 heteroatoms. The second-order valence-corrected chi connectivity index (χ2v) is 10.2. The van der Waals surface area contributed by atoms with Gasteiger partial charge in [0.15, 0.2) is 0 Å². The largest absolute Gasteiger partial charge is 0.496 e. The molecule has 0 bridgehead atoms. The number of carbonyl (C=O) groups is 2. The van der Waals surface area contributed by atoms with Crippen LogP contribution in [0.15, 0.2) is 47.4 Å². The van der Waals surface area contributed by atoms with E-state index in [1.807, 2.05) is 11.9 Å². The minimum absolute atomic E-state index is 0.0402. The summed E-state index contributed by atoms with van der Waals surface area (Å²) in [7, 11) is 1.05. The first-order valence-corrected chi connectivity index (χ1v) is 12.0. The van der Waals surface area contributed by atoms with Crippen molar-refractivity contribution < 1.29 is 22.7 Å². The van der Waals surface area contributed by atoms with Crippen molar-refractivity contribution in [2.24, 2.45) is 0 Å². The van der Waals surface area contributed by atoms with Crippen LogP contribution in [0.1, 0.15) is 15.9 Å². The zero-order valence-electron chi connectivity index (χ0n) is 19.4. The summed E-state index contributed by atoms with van der Waals surface area (Å²) in [6.45, 7) is 4.45. The molecule has 0 aliphatic carbocycles. The van der Waals surface area contributed by atoms with Crippen LogP contribution >= 0.6 is 0 Å². The third-order valence-corrected chi connectivity index (χ3v) is 7.45. The minimum Gasteiger partial charge on any atom is -0.496 e. The number of methoxy groups -OCH3 is 1. The van der Waals surface area contributed by atoms with Gasteiger partial charge in [0.2, 0.25) is 15.9 Å². The summed E-state index contributed by atoms with van der Waals surface area (Å²) in [6.07, 6.45) is 0. The first-order valence-electron chi connectivity index (χ1n) is 10.6. The fourth-order valence-corrected chi connectivity index (χ4v) is 4.78. The SMILES string of the molecule is COc1ccc(S(=O)(=O)N(C)CC(=O)Nc2ccc(C(=O)N3CCN(C)CC3)cc2)cc1C. The Balaban J connectivity index is 1.59. The van der Waals surface area contributed by atoms with E-state index in [0.29, 0.717) is 35.7 Å². The van der Waals surface area contributed by atoms with Gasteiger partial charge in [-0.15, -0.1) is 0 Å². The van der Waals surface area contributed by atoms with Crippen LogP contribution < -0.4 is 10.1 Å². The van der Waals surface area contributed by atoms with Crippen molar-refractivity contribution in [2.75, 3.05) is 59.2 Å². The summed E-state index contributed by atoms with van der Waals surface area (Å²) in [5.74, 6) is 0.0648. The number of nitrogens with zero attached hydrogens (tertiary/aromatic N) is 3. The number of hydrogen-bond donors (Lipinski definition) is 1. The molecule has 178 valence electrons. The lowest BCUT2D eigenvalue weighted by Crippen LogP contribution is -2.47. The standard InChI is InChI=1S/C23H30N4O5S/c1-17-15-20(9-10-21(17)32-4)33(30,31)26(3)16-22(28)24-19-7-5-18(6-8-19)23(29)27-13-11-25(2)12-14-27/h5-10,15H,11-14,16H2,1-4H3,(H,24,28). The van der Waals surface area contributed by atoms with E-state index in [9.17, 15) is 18.0 Å². The van der Waals surface area contributed by atoms with E-state index in [1.54, 1.807) is 37.3 Å². The van der Waals surface area contributed by atoms with Crippen LogP contribution in [0.5, 0.6) is 5.75 Å². The summed E-state index contributed by atoms with van der Waals surface area (Å²) in [4.78, 5) is 29.2. The van der Waals surface area contributed by atoms with Crippen LogP contribution in [0.3, 0.4) is 0 Å². The second kappa shape index (κ2) is 10.3. The normalized spacial score (nSPS) is 14.9. The van der Waals surface area contributed by atoms with Crippen LogP contribution in [-0.2, 0) is 14.8 Å². The van der Waals surface area contributed by atoms with Crippen molar-refractivity contribution in [2.45, 2.75) is 11.8 Å². The zero-order chi connectivity index (χ0) is 24.2. The summed E-state index contributed by atoms with van der Waals surface area (Å²) in [5.41, 5.74) is 1.72. The number of nitrogens with one attached hydrogen (secondary N) is 1. The second-order valence-electron chi connectivity index (χ2n) is 8.11. The van der Waals surface area contributed by atoms with Gasteiger partial charge in [0, 0.05) is 44.5 Å². The molecule has 9 nitrogen and oxygen atoms in total. The van der Waals surface area contributed by atoms with Gasteiger partial charge in [0.1, 0.15) is 5.75 Å². The van der Waals surface area contributed by atoms with E-state index in [2.05, 4.69) is 10.2 Å². The number of ether oxygens (including phenoxy) is 1. The molecular weight excluding hydrogens is 444 g/mol. The first kappa shape index (κ1) is 24.7. The number of aryl methyl sites for hydroxylation is 1. The van der Waals surface area contributed by atoms with Crippen LogP contribution in [0, 0.1) is 6.92 Å². The van der Waals surface area contributed by atoms with Crippen molar-refractivity contribution >= 4 is 27.5 Å². The maximum atomic E-state index is 12.8. The number of rotatable bonds is 7. The Morgan fingerprint density at radius 2 is 1.70 bits per heavy atom. The Labute approximate surface area is 195 Å². The number of benzene rings is 2. The zero-order valence-corrected chi connectivity index (χ0v) is 20.2. The van der Waals surface area contributed by atoms with Gasteiger partial charge < -0.3 is 19.9 Å². The fraction of sp³-hybridized carbons (Fsp3) is 0.391. The number of piperazine rings is 1. The lowest BCUT2D eigenvalue weighted by atomic mass is 10.1. The van der Waals surface area contributed by atoms with Crippen molar-refractivity contribution in [3.8, 4) is 5.75 Å². The average molecular weight is 475 g/mol. The Bertz CT molecular complexity index is 1110. The van der Waals surface area contributed by atoms with E-state index >= 15 is 0 Å². The van der Waals surface area contributed by atoms with Crippen molar-refractivity contribution in [3.63, 3.8) is 0 Å². The molecule has 0 unspecified atom stereocenters. The summed E-state index contributed by atoms with van der Waals surface area (Å²) in [5, 5.41) is 2.68. The molecule has 0 spiro atoms. The Morgan fingerprint density at radius 3 is 2.27 bits per heavy atom. The number of sulfonamides is 1. The van der Waals surface area contributed by atoms with Gasteiger partial charge in [-0.2, -0.15) is 4.31 Å². The van der Waals surface area contributed by atoms with Gasteiger partial charge in [0.25, 0.3) is 5.91 Å². The molecule has 2 aromatic carbocycles. The predicted octanol–water partition coefficient (Wildman–Crippen LogP) is 1.65. The van der Waals surface area contributed by atoms with Crippen LogP contribution in [0.2, 0.25) is 0 Å². The molecule has 2 amide bonds. The molecule has 1 saturated heterocycles. The number of anilines is 1. The van der Waals surface area contributed by atoms with Crippen LogP contribution in [0.25, 0.3) is 0 Å². The maximum Gasteiger partial charge on any atom is 0.253 e. The molecule has 0 aromatic heterocycles. The molecule has 1 aliphatic heterocycles. The number of hydrogen-bond acceptors (Lipinski definition) is 6. The molecule has 33 heavy (non-hydrogen) atoms. The Hall–Kier alpha value is -2.95. The average Bonchev–Trinajstić information content (AvgIpc) is 2.79. The summed E-state index contributed by atoms with van der Waals surface area (Å²) >= 11 is 0. The Kier molecular flexibility index (Phi) is 7.72. The van der Waals surface area contributed by atoms with Crippen molar-refractivity contribution in [1.29, 1.82) is 0 Å². The highest BCUT2D eigenvalue weighted by Gasteiger charge is 2.24. The molecular formula is C23H30N4O5S. The highest BCUT2D eigenvalue weighted by atomic mass is 32.2. The highest BCUT2D eigenvalue weighted by molar-refractivity contribution is 7.89. The van der Waals surface area contributed by atoms with Crippen molar-refractivity contribution in [1.82, 2.24) is 14.1 Å². The topological polar surface area (TPSA) is 99.3 Å².